The van der Waals surface area contributed by atoms with Crippen molar-refractivity contribution in [1.29, 1.82) is 0 Å². The Morgan fingerprint density at radius 2 is 1.27 bits per heavy atom. The van der Waals surface area contributed by atoms with Crippen LogP contribution in [0.4, 0.5) is 0 Å². The van der Waals surface area contributed by atoms with Gasteiger partial charge in [-0.25, -0.2) is 4.68 Å². The molecule has 6 rings (SSSR count). The highest BCUT2D eigenvalue weighted by Gasteiger charge is 2.41. The van der Waals surface area contributed by atoms with Gasteiger partial charge in [-0.3, -0.25) is 9.78 Å². The normalized spacial score (nSPS) is 11.5. The summed E-state index contributed by atoms with van der Waals surface area (Å²) in [5, 5.41) is 6.27. The van der Waals surface area contributed by atoms with Gasteiger partial charge in [0, 0.05) is 28.4 Å². The van der Waals surface area contributed by atoms with E-state index in [9.17, 15) is 4.79 Å². The van der Waals surface area contributed by atoms with Crippen molar-refractivity contribution in [3.63, 3.8) is 0 Å². The summed E-state index contributed by atoms with van der Waals surface area (Å²) in [5.41, 5.74) is 6.75. The van der Waals surface area contributed by atoms with Crippen LogP contribution < -0.4 is 0 Å². The molecule has 4 aromatic carbocycles. The van der Waals surface area contributed by atoms with Gasteiger partial charge < -0.3 is 0 Å². The van der Waals surface area contributed by atoms with Crippen LogP contribution in [0.25, 0.3) is 22.2 Å². The monoisotopic (exact) mass is 479 g/mol. The van der Waals surface area contributed by atoms with Crippen molar-refractivity contribution < 1.29 is 4.79 Å². The molecule has 0 saturated heterocycles. The Balaban J connectivity index is 1.80. The highest BCUT2D eigenvalue weighted by molar-refractivity contribution is 5.97. The number of pyridine rings is 1. The third kappa shape index (κ3) is 3.74. The Hall–Kier alpha value is -4.83. The van der Waals surface area contributed by atoms with E-state index in [4.69, 9.17) is 5.10 Å². The zero-order valence-corrected chi connectivity index (χ0v) is 20.5. The summed E-state index contributed by atoms with van der Waals surface area (Å²) in [5.74, 6) is 0. The van der Waals surface area contributed by atoms with E-state index < -0.39 is 5.54 Å². The van der Waals surface area contributed by atoms with Crippen molar-refractivity contribution in [1.82, 2.24) is 14.8 Å². The average Bonchev–Trinajstić information content (AvgIpc) is 3.34. The fraction of sp³-hybridized carbons (Fsp3) is 0.0606. The lowest BCUT2D eigenvalue weighted by atomic mass is 9.77. The molecule has 4 heteroatoms. The molecule has 2 aromatic heterocycles. The summed E-state index contributed by atoms with van der Waals surface area (Å²) in [6.07, 6.45) is 2.69. The van der Waals surface area contributed by atoms with Gasteiger partial charge >= 0.3 is 0 Å². The third-order valence-corrected chi connectivity index (χ3v) is 6.90. The number of aldehydes is 1. The number of aromatic nitrogens is 3. The first-order valence-electron chi connectivity index (χ1n) is 12.3. The Morgan fingerprint density at radius 3 is 1.78 bits per heavy atom. The van der Waals surface area contributed by atoms with E-state index in [-0.39, 0.29) is 0 Å². The van der Waals surface area contributed by atoms with E-state index in [1.165, 1.54) is 0 Å². The van der Waals surface area contributed by atoms with Crippen molar-refractivity contribution >= 4 is 17.2 Å². The highest BCUT2D eigenvalue weighted by atomic mass is 16.1. The summed E-state index contributed by atoms with van der Waals surface area (Å²) in [6, 6.07) is 41.3. The number of hydrogen-bond acceptors (Lipinski definition) is 3. The van der Waals surface area contributed by atoms with E-state index in [0.717, 1.165) is 50.8 Å². The van der Waals surface area contributed by atoms with E-state index in [2.05, 4.69) is 82.5 Å². The van der Waals surface area contributed by atoms with Crippen LogP contribution in [0.15, 0.2) is 128 Å². The molecule has 178 valence electrons. The molecule has 0 N–H and O–H groups in total. The molecule has 0 amide bonds. The Labute approximate surface area is 215 Å². The molecule has 0 radical (unpaired) electrons. The lowest BCUT2D eigenvalue weighted by Crippen LogP contribution is -2.38. The lowest BCUT2D eigenvalue weighted by molar-refractivity contribution is 0.112. The summed E-state index contributed by atoms with van der Waals surface area (Å²) in [6.45, 7) is 1.97. The van der Waals surface area contributed by atoms with Gasteiger partial charge in [0.05, 0.1) is 5.52 Å². The predicted octanol–water partition coefficient (Wildman–Crippen LogP) is 7.06. The maximum absolute atomic E-state index is 11.8. The summed E-state index contributed by atoms with van der Waals surface area (Å²) in [7, 11) is 0. The molecule has 0 spiro atoms. The minimum Gasteiger partial charge on any atom is -0.298 e. The number of carbonyl (C=O) groups excluding carboxylic acids is 1. The average molecular weight is 480 g/mol. The first-order valence-corrected chi connectivity index (χ1v) is 12.3. The number of benzene rings is 4. The molecule has 2 heterocycles. The van der Waals surface area contributed by atoms with Gasteiger partial charge in [-0.15, -0.1) is 0 Å². The molecular weight excluding hydrogens is 454 g/mol. The fourth-order valence-electron chi connectivity index (χ4n) is 5.28. The van der Waals surface area contributed by atoms with Gasteiger partial charge in [-0.05, 0) is 53.9 Å². The summed E-state index contributed by atoms with van der Waals surface area (Å²) in [4.78, 5) is 16.2. The van der Waals surface area contributed by atoms with Crippen LogP contribution in [0.5, 0.6) is 0 Å². The van der Waals surface area contributed by atoms with Gasteiger partial charge in [0.25, 0.3) is 0 Å². The van der Waals surface area contributed by atoms with Gasteiger partial charge in [0.2, 0.25) is 0 Å². The maximum Gasteiger partial charge on any atom is 0.150 e. The van der Waals surface area contributed by atoms with Gasteiger partial charge in [0.15, 0.2) is 0 Å². The van der Waals surface area contributed by atoms with Crippen LogP contribution in [-0.2, 0) is 5.54 Å². The smallest absolute Gasteiger partial charge is 0.150 e. The number of hydrogen-bond donors (Lipinski definition) is 0. The number of aryl methyl sites for hydroxylation is 1. The molecule has 0 fully saturated rings. The molecule has 0 aliphatic heterocycles. The fourth-order valence-corrected chi connectivity index (χ4v) is 5.28. The standard InChI is InChI=1S/C33H25N3O/c1-24-21-26(19-20-34-24)32-30-22-25(23-37)17-18-31(30)36(35-32)33(27-11-5-2-6-12-27,28-13-7-3-8-14-28)29-15-9-4-10-16-29/h2-23H,1H3. The molecule has 0 unspecified atom stereocenters. The van der Waals surface area contributed by atoms with Crippen LogP contribution in [0, 0.1) is 6.92 Å². The number of fused-ring (bicyclic) bond motifs is 1. The molecule has 6 aromatic rings. The molecular formula is C33H25N3O. The van der Waals surface area contributed by atoms with Gasteiger partial charge in [-0.2, -0.15) is 5.10 Å². The second kappa shape index (κ2) is 9.32. The minimum atomic E-state index is -0.759. The molecule has 0 bridgehead atoms. The second-order valence-electron chi connectivity index (χ2n) is 9.15. The van der Waals surface area contributed by atoms with Crippen molar-refractivity contribution in [2.45, 2.75) is 12.5 Å². The second-order valence-corrected chi connectivity index (χ2v) is 9.15. The van der Waals surface area contributed by atoms with Gasteiger partial charge in [0.1, 0.15) is 17.5 Å². The minimum absolute atomic E-state index is 0.615. The molecule has 0 atom stereocenters. The molecule has 37 heavy (non-hydrogen) atoms. The van der Waals surface area contributed by atoms with Crippen LogP contribution in [0.2, 0.25) is 0 Å². The highest BCUT2D eigenvalue weighted by Crippen LogP contribution is 2.44. The Bertz CT molecular complexity index is 1590. The molecule has 0 aliphatic rings. The van der Waals surface area contributed by atoms with Crippen molar-refractivity contribution in [3.05, 3.63) is 155 Å². The lowest BCUT2D eigenvalue weighted by Gasteiger charge is -2.37. The molecule has 4 nitrogen and oxygen atoms in total. The number of carbonyl (C=O) groups is 1. The first kappa shape index (κ1) is 22.6. The zero-order chi connectivity index (χ0) is 25.2. The van der Waals surface area contributed by atoms with E-state index in [1.807, 2.05) is 55.5 Å². The van der Waals surface area contributed by atoms with Crippen molar-refractivity contribution in [3.8, 4) is 11.3 Å². The van der Waals surface area contributed by atoms with Crippen LogP contribution in [0.1, 0.15) is 32.7 Å². The van der Waals surface area contributed by atoms with Crippen LogP contribution in [-0.4, -0.2) is 21.1 Å². The van der Waals surface area contributed by atoms with Gasteiger partial charge in [-0.1, -0.05) is 91.0 Å². The largest absolute Gasteiger partial charge is 0.298 e. The van der Waals surface area contributed by atoms with Crippen LogP contribution >= 0.6 is 0 Å². The van der Waals surface area contributed by atoms with Crippen molar-refractivity contribution in [2.75, 3.05) is 0 Å². The summed E-state index contributed by atoms with van der Waals surface area (Å²) >= 11 is 0. The van der Waals surface area contributed by atoms with Crippen molar-refractivity contribution in [2.24, 2.45) is 0 Å². The Morgan fingerprint density at radius 1 is 0.703 bits per heavy atom. The van der Waals surface area contributed by atoms with E-state index in [1.54, 1.807) is 6.20 Å². The van der Waals surface area contributed by atoms with E-state index in [0.29, 0.717) is 5.56 Å². The molecule has 0 saturated carbocycles. The third-order valence-electron chi connectivity index (χ3n) is 6.90. The topological polar surface area (TPSA) is 47.8 Å². The number of rotatable bonds is 6. The summed E-state index contributed by atoms with van der Waals surface area (Å²) < 4.78 is 2.13. The predicted molar refractivity (Wildman–Crippen MR) is 148 cm³/mol. The SMILES string of the molecule is Cc1cc(-c2nn(C(c3ccccc3)(c3ccccc3)c3ccccc3)c3ccc(C=O)cc23)ccn1. The quantitative estimate of drug-likeness (QED) is 0.190. The van der Waals surface area contributed by atoms with Crippen LogP contribution in [0.3, 0.4) is 0 Å². The Kier molecular flexibility index (Phi) is 5.70. The maximum atomic E-state index is 11.8. The number of nitrogens with zero attached hydrogens (tertiary/aromatic N) is 3. The molecule has 0 aliphatic carbocycles. The van der Waals surface area contributed by atoms with E-state index >= 15 is 0 Å². The zero-order valence-electron chi connectivity index (χ0n) is 20.5. The first-order chi connectivity index (χ1) is 18.2.